The van der Waals surface area contributed by atoms with Gasteiger partial charge in [0.25, 0.3) is 0 Å². The second kappa shape index (κ2) is 6.99. The minimum Gasteiger partial charge on any atom is -0.508 e. The normalized spacial score (nSPS) is 13.3. The molecule has 2 rings (SSSR count). The number of phenolic OH excluding ortho intramolecular Hbond substituents is 1. The summed E-state index contributed by atoms with van der Waals surface area (Å²) in [4.78, 5) is 0. The van der Waals surface area contributed by atoms with Crippen LogP contribution in [0.3, 0.4) is 0 Å². The predicted molar refractivity (Wildman–Crippen MR) is 86.9 cm³/mol. The maximum absolute atomic E-state index is 10.1. The summed E-state index contributed by atoms with van der Waals surface area (Å²) in [6.45, 7) is 4.78. The number of benzene rings is 1. The van der Waals surface area contributed by atoms with Crippen molar-refractivity contribution in [3.63, 3.8) is 0 Å². The van der Waals surface area contributed by atoms with Crippen molar-refractivity contribution in [1.29, 1.82) is 0 Å². The number of aliphatic hydroxyl groups excluding tert-OH is 1. The van der Waals surface area contributed by atoms with Crippen LogP contribution in [0.25, 0.3) is 0 Å². The molecular formula is C18H25NO3. The highest BCUT2D eigenvalue weighted by Crippen LogP contribution is 2.32. The lowest BCUT2D eigenvalue weighted by Crippen LogP contribution is -2.19. The largest absolute Gasteiger partial charge is 0.508 e. The fourth-order valence-electron chi connectivity index (χ4n) is 2.73. The van der Waals surface area contributed by atoms with Gasteiger partial charge in [-0.25, -0.2) is 0 Å². The van der Waals surface area contributed by atoms with E-state index in [0.717, 1.165) is 23.3 Å². The van der Waals surface area contributed by atoms with Crippen molar-refractivity contribution in [1.82, 2.24) is 5.32 Å². The van der Waals surface area contributed by atoms with Gasteiger partial charge in [0.15, 0.2) is 0 Å². The second-order valence-corrected chi connectivity index (χ2v) is 6.56. The van der Waals surface area contributed by atoms with Crippen LogP contribution in [-0.2, 0) is 12.8 Å². The first kappa shape index (κ1) is 16.6. The monoisotopic (exact) mass is 303 g/mol. The summed E-state index contributed by atoms with van der Waals surface area (Å²) >= 11 is 0. The van der Waals surface area contributed by atoms with Gasteiger partial charge in [0, 0.05) is 13.0 Å². The molecule has 0 aliphatic heterocycles. The molecule has 2 aromatic rings. The Morgan fingerprint density at radius 3 is 2.64 bits per heavy atom. The fraction of sp³-hybridized carbons (Fsp3) is 0.444. The van der Waals surface area contributed by atoms with Gasteiger partial charge >= 0.3 is 0 Å². The van der Waals surface area contributed by atoms with Crippen molar-refractivity contribution in [2.45, 2.75) is 32.8 Å². The van der Waals surface area contributed by atoms with Crippen molar-refractivity contribution in [2.24, 2.45) is 5.41 Å². The fourth-order valence-corrected chi connectivity index (χ4v) is 2.73. The van der Waals surface area contributed by atoms with E-state index in [-0.39, 0.29) is 11.2 Å². The van der Waals surface area contributed by atoms with E-state index >= 15 is 0 Å². The van der Waals surface area contributed by atoms with Gasteiger partial charge in [0.05, 0.1) is 12.4 Å². The number of hydrogen-bond donors (Lipinski definition) is 3. The summed E-state index contributed by atoms with van der Waals surface area (Å²) in [7, 11) is 1.80. The summed E-state index contributed by atoms with van der Waals surface area (Å²) in [5.74, 6) is 1.21. The molecule has 3 N–H and O–H groups in total. The molecule has 0 spiro atoms. The van der Waals surface area contributed by atoms with Crippen molar-refractivity contribution in [2.75, 3.05) is 13.6 Å². The molecule has 0 aliphatic rings. The Hall–Kier alpha value is -1.78. The molecule has 1 unspecified atom stereocenters. The van der Waals surface area contributed by atoms with E-state index in [0.29, 0.717) is 13.0 Å². The minimum absolute atomic E-state index is 0.0537. The van der Waals surface area contributed by atoms with Gasteiger partial charge in [-0.05, 0) is 54.3 Å². The van der Waals surface area contributed by atoms with Crippen LogP contribution < -0.4 is 5.32 Å². The Labute approximate surface area is 131 Å². The number of aliphatic hydroxyl groups is 1. The zero-order chi connectivity index (χ0) is 16.2. The summed E-state index contributed by atoms with van der Waals surface area (Å²) in [6, 6.07) is 9.17. The zero-order valence-electron chi connectivity index (χ0n) is 13.5. The standard InChI is InChI=1S/C18H25NO3/c1-18(2,11-15-5-4-8-22-15)10-14-9-13(6-7-16(14)20)17(21)12-19-3/h4-9,17,19-21H,10-12H2,1-3H3. The van der Waals surface area contributed by atoms with E-state index in [1.807, 2.05) is 18.2 Å². The van der Waals surface area contributed by atoms with Crippen LogP contribution in [0.15, 0.2) is 41.0 Å². The SMILES string of the molecule is CNCC(O)c1ccc(O)c(CC(C)(C)Cc2ccco2)c1. The van der Waals surface area contributed by atoms with Crippen LogP contribution in [0.4, 0.5) is 0 Å². The van der Waals surface area contributed by atoms with Gasteiger partial charge in [-0.1, -0.05) is 19.9 Å². The third-order valence-electron chi connectivity index (χ3n) is 3.79. The van der Waals surface area contributed by atoms with Crippen molar-refractivity contribution < 1.29 is 14.6 Å². The Balaban J connectivity index is 2.15. The van der Waals surface area contributed by atoms with Gasteiger partial charge in [-0.3, -0.25) is 0 Å². The Morgan fingerprint density at radius 2 is 2.00 bits per heavy atom. The number of aromatic hydroxyl groups is 1. The first-order chi connectivity index (χ1) is 10.4. The van der Waals surface area contributed by atoms with Crippen LogP contribution in [0.1, 0.15) is 36.8 Å². The minimum atomic E-state index is -0.572. The van der Waals surface area contributed by atoms with Gasteiger partial charge < -0.3 is 19.9 Å². The molecule has 0 saturated carbocycles. The number of phenols is 1. The molecule has 22 heavy (non-hydrogen) atoms. The first-order valence-electron chi connectivity index (χ1n) is 7.58. The lowest BCUT2D eigenvalue weighted by atomic mass is 9.81. The van der Waals surface area contributed by atoms with Gasteiger partial charge in [-0.15, -0.1) is 0 Å². The number of likely N-dealkylation sites (N-methyl/N-ethyl adjacent to an activating group) is 1. The molecule has 120 valence electrons. The summed E-state index contributed by atoms with van der Waals surface area (Å²) in [6.07, 6.45) is 2.61. The quantitative estimate of drug-likeness (QED) is 0.735. The molecule has 0 saturated heterocycles. The third kappa shape index (κ3) is 4.36. The summed E-state index contributed by atoms with van der Waals surface area (Å²) in [5.41, 5.74) is 1.61. The number of furan rings is 1. The molecule has 1 aromatic heterocycles. The maximum Gasteiger partial charge on any atom is 0.118 e. The molecular weight excluding hydrogens is 278 g/mol. The number of rotatable bonds is 7. The summed E-state index contributed by atoms with van der Waals surface area (Å²) < 4.78 is 5.42. The average molecular weight is 303 g/mol. The topological polar surface area (TPSA) is 65.6 Å². The number of nitrogens with one attached hydrogen (secondary N) is 1. The molecule has 0 bridgehead atoms. The average Bonchev–Trinajstić information content (AvgIpc) is 2.93. The second-order valence-electron chi connectivity index (χ2n) is 6.56. The molecule has 4 nitrogen and oxygen atoms in total. The van der Waals surface area contributed by atoms with E-state index in [2.05, 4.69) is 19.2 Å². The third-order valence-corrected chi connectivity index (χ3v) is 3.79. The lowest BCUT2D eigenvalue weighted by molar-refractivity contribution is 0.177. The molecule has 0 aliphatic carbocycles. The maximum atomic E-state index is 10.1. The summed E-state index contributed by atoms with van der Waals surface area (Å²) in [5, 5.41) is 23.2. The van der Waals surface area contributed by atoms with E-state index < -0.39 is 6.10 Å². The molecule has 1 atom stereocenters. The van der Waals surface area contributed by atoms with Crippen LogP contribution in [0.5, 0.6) is 5.75 Å². The van der Waals surface area contributed by atoms with E-state index in [4.69, 9.17) is 4.42 Å². The van der Waals surface area contributed by atoms with Crippen molar-refractivity contribution in [3.05, 3.63) is 53.5 Å². The van der Waals surface area contributed by atoms with Crippen molar-refractivity contribution >= 4 is 0 Å². The van der Waals surface area contributed by atoms with Crippen LogP contribution in [0, 0.1) is 5.41 Å². The van der Waals surface area contributed by atoms with Crippen LogP contribution >= 0.6 is 0 Å². The Bertz CT molecular complexity index is 590. The predicted octanol–water partition coefficient (Wildman–Crippen LogP) is 3.05. The van der Waals surface area contributed by atoms with Gasteiger partial charge in [0.1, 0.15) is 11.5 Å². The van der Waals surface area contributed by atoms with Crippen molar-refractivity contribution in [3.8, 4) is 5.75 Å². The first-order valence-corrected chi connectivity index (χ1v) is 7.58. The Kier molecular flexibility index (Phi) is 5.27. The van der Waals surface area contributed by atoms with Crippen LogP contribution in [0.2, 0.25) is 0 Å². The van der Waals surface area contributed by atoms with E-state index in [1.165, 1.54) is 0 Å². The molecule has 0 fully saturated rings. The van der Waals surface area contributed by atoms with Gasteiger partial charge in [0.2, 0.25) is 0 Å². The molecule has 4 heteroatoms. The van der Waals surface area contributed by atoms with E-state index in [1.54, 1.807) is 25.4 Å². The highest BCUT2D eigenvalue weighted by molar-refractivity contribution is 5.38. The smallest absolute Gasteiger partial charge is 0.118 e. The molecule has 0 radical (unpaired) electrons. The number of hydrogen-bond acceptors (Lipinski definition) is 4. The molecule has 1 heterocycles. The van der Waals surface area contributed by atoms with Gasteiger partial charge in [-0.2, -0.15) is 0 Å². The highest BCUT2D eigenvalue weighted by Gasteiger charge is 2.23. The molecule has 1 aromatic carbocycles. The zero-order valence-corrected chi connectivity index (χ0v) is 13.5. The Morgan fingerprint density at radius 1 is 1.23 bits per heavy atom. The highest BCUT2D eigenvalue weighted by atomic mass is 16.3. The molecule has 0 amide bonds. The lowest BCUT2D eigenvalue weighted by Gasteiger charge is -2.24. The van der Waals surface area contributed by atoms with Crippen LogP contribution in [-0.4, -0.2) is 23.8 Å². The van der Waals surface area contributed by atoms with E-state index in [9.17, 15) is 10.2 Å².